The van der Waals surface area contributed by atoms with Gasteiger partial charge in [0.2, 0.25) is 0 Å². The van der Waals surface area contributed by atoms with Gasteiger partial charge >= 0.3 is 0 Å². The third kappa shape index (κ3) is 5.24. The maximum Gasteiger partial charge on any atom is 0.119 e. The normalized spacial score (nSPS) is 20.6. The molecule has 0 bridgehead atoms. The van der Waals surface area contributed by atoms with Crippen molar-refractivity contribution in [1.82, 2.24) is 0 Å². The van der Waals surface area contributed by atoms with Crippen molar-refractivity contribution >= 4 is 25.2 Å². The molecule has 3 aliphatic rings. The summed E-state index contributed by atoms with van der Waals surface area (Å²) < 4.78 is 0. The quantitative estimate of drug-likeness (QED) is 0.335. The van der Waals surface area contributed by atoms with E-state index in [1.807, 2.05) is 0 Å². The first-order chi connectivity index (χ1) is 16.4. The molecule has 174 valence electrons. The Morgan fingerprint density at radius 2 is 1.06 bits per heavy atom. The molecule has 5 rings (SSSR count). The molecule has 0 heterocycles. The van der Waals surface area contributed by atoms with Crippen LogP contribution in [0.5, 0.6) is 0 Å². The van der Waals surface area contributed by atoms with Crippen molar-refractivity contribution < 1.29 is 0 Å². The number of benzene rings is 2. The van der Waals surface area contributed by atoms with E-state index >= 15 is 0 Å². The van der Waals surface area contributed by atoms with Gasteiger partial charge in [0.15, 0.2) is 0 Å². The lowest BCUT2D eigenvalue weighted by Crippen LogP contribution is -2.33. The summed E-state index contributed by atoms with van der Waals surface area (Å²) in [7, 11) is -0.302. The average molecular weight is 476 g/mol. The van der Waals surface area contributed by atoms with Crippen molar-refractivity contribution in [1.29, 1.82) is 0 Å². The minimum Gasteiger partial charge on any atom is -0.0775 e. The van der Waals surface area contributed by atoms with E-state index in [0.29, 0.717) is 5.92 Å². The van der Waals surface area contributed by atoms with E-state index in [9.17, 15) is 0 Å². The fourth-order valence-electron chi connectivity index (χ4n) is 6.89. The smallest absolute Gasteiger partial charge is 0.0775 e. The van der Waals surface area contributed by atoms with Gasteiger partial charge in [-0.1, -0.05) is 97.8 Å². The van der Waals surface area contributed by atoms with Gasteiger partial charge in [-0.05, 0) is 63.7 Å². The first-order valence-corrected chi connectivity index (χ1v) is 17.7. The fourth-order valence-corrected chi connectivity index (χ4v) is 22.0. The van der Waals surface area contributed by atoms with E-state index in [2.05, 4.69) is 85.0 Å². The van der Waals surface area contributed by atoms with Gasteiger partial charge in [-0.25, -0.2) is 0 Å². The van der Waals surface area contributed by atoms with Crippen LogP contribution in [0.4, 0.5) is 0 Å². The zero-order valence-electron chi connectivity index (χ0n) is 20.2. The van der Waals surface area contributed by atoms with Gasteiger partial charge < -0.3 is 0 Å². The van der Waals surface area contributed by atoms with Crippen LogP contribution in [0.2, 0.25) is 0 Å². The maximum atomic E-state index is 2.49. The Labute approximate surface area is 204 Å². The SMILES string of the molecule is C1=CC(CC[P+](C2CCCCC2)(C2CCCCC2)P(c2ccccc2)c2ccccc2)C=C1. The maximum absolute atomic E-state index is 2.49. The van der Waals surface area contributed by atoms with Crippen molar-refractivity contribution in [3.63, 3.8) is 0 Å². The van der Waals surface area contributed by atoms with E-state index in [4.69, 9.17) is 0 Å². The highest BCUT2D eigenvalue weighted by Gasteiger charge is 2.58. The second kappa shape index (κ2) is 11.5. The Bertz CT molecular complexity index is 835. The molecule has 3 aliphatic carbocycles. The molecule has 0 aliphatic heterocycles. The van der Waals surface area contributed by atoms with Crippen molar-refractivity contribution in [3.05, 3.63) is 85.0 Å². The molecule has 2 saturated carbocycles. The van der Waals surface area contributed by atoms with Gasteiger partial charge in [-0.3, -0.25) is 0 Å². The Balaban J connectivity index is 1.65. The molecule has 0 nitrogen and oxygen atoms in total. The van der Waals surface area contributed by atoms with Crippen LogP contribution in [0.25, 0.3) is 0 Å². The Hall–Kier alpha value is -1.22. The fraction of sp³-hybridized carbons (Fsp3) is 0.484. The zero-order chi connectivity index (χ0) is 22.3. The highest BCUT2D eigenvalue weighted by Crippen LogP contribution is 2.90. The van der Waals surface area contributed by atoms with Crippen LogP contribution >= 0.6 is 14.6 Å². The molecule has 2 aromatic carbocycles. The molecular weight excluding hydrogens is 434 g/mol. The number of rotatable bonds is 8. The number of hydrogen-bond acceptors (Lipinski definition) is 0. The van der Waals surface area contributed by atoms with Crippen LogP contribution in [0.1, 0.15) is 70.6 Å². The molecule has 0 amide bonds. The summed E-state index contributed by atoms with van der Waals surface area (Å²) in [5.74, 6) is 0.667. The van der Waals surface area contributed by atoms with E-state index in [1.165, 1.54) is 76.8 Å². The summed E-state index contributed by atoms with van der Waals surface area (Å²) in [5.41, 5.74) is 1.96. The topological polar surface area (TPSA) is 0 Å². The van der Waals surface area contributed by atoms with Gasteiger partial charge in [0, 0.05) is 17.6 Å². The Morgan fingerprint density at radius 3 is 1.52 bits per heavy atom. The molecule has 33 heavy (non-hydrogen) atoms. The van der Waals surface area contributed by atoms with Crippen molar-refractivity contribution in [2.45, 2.75) is 81.9 Å². The predicted octanol–water partition coefficient (Wildman–Crippen LogP) is 8.85. The summed E-state index contributed by atoms with van der Waals surface area (Å²) in [4.78, 5) is 0. The lowest BCUT2D eigenvalue weighted by Gasteiger charge is -2.48. The molecule has 2 fully saturated rings. The van der Waals surface area contributed by atoms with Crippen LogP contribution in [-0.4, -0.2) is 17.5 Å². The molecule has 2 aromatic rings. The molecule has 0 atom stereocenters. The van der Waals surface area contributed by atoms with E-state index < -0.39 is 6.95 Å². The summed E-state index contributed by atoms with van der Waals surface area (Å²) in [6.07, 6.45) is 27.1. The standard InChI is InChI=1S/C31H41P2/c1-5-17-28(18-6-1)32(29-19-7-2-8-20-29)33(30-21-9-3-10-22-30,31-23-11-4-12-24-31)26-25-27-15-13-14-16-27/h1-2,5-8,13-20,27,30-31H,3-4,9-12,21-26H2/q+1. The Morgan fingerprint density at radius 1 is 0.606 bits per heavy atom. The molecule has 0 spiro atoms. The van der Waals surface area contributed by atoms with Crippen LogP contribution in [0, 0.1) is 5.92 Å². The summed E-state index contributed by atoms with van der Waals surface area (Å²) in [6, 6.07) is 23.7. The minimum atomic E-state index is -1.26. The second-order valence-electron chi connectivity index (χ2n) is 10.4. The summed E-state index contributed by atoms with van der Waals surface area (Å²) in [6.45, 7) is -1.26. The highest BCUT2D eigenvalue weighted by atomic mass is 32.1. The van der Waals surface area contributed by atoms with Crippen LogP contribution in [-0.2, 0) is 0 Å². The van der Waals surface area contributed by atoms with Gasteiger partial charge in [0.1, 0.15) is 7.61 Å². The van der Waals surface area contributed by atoms with Crippen molar-refractivity contribution in [2.24, 2.45) is 5.92 Å². The first kappa shape index (κ1) is 23.5. The lowest BCUT2D eigenvalue weighted by atomic mass is 9.99. The van der Waals surface area contributed by atoms with Crippen LogP contribution in [0.15, 0.2) is 85.0 Å². The largest absolute Gasteiger partial charge is 0.119 e. The van der Waals surface area contributed by atoms with Gasteiger partial charge in [0.25, 0.3) is 0 Å². The summed E-state index contributed by atoms with van der Waals surface area (Å²) >= 11 is 0. The van der Waals surface area contributed by atoms with Crippen molar-refractivity contribution in [3.8, 4) is 0 Å². The molecule has 0 radical (unpaired) electrons. The highest BCUT2D eigenvalue weighted by molar-refractivity contribution is 8.44. The second-order valence-corrected chi connectivity index (χ2v) is 19.2. The third-order valence-electron chi connectivity index (χ3n) is 8.44. The monoisotopic (exact) mass is 475 g/mol. The number of allylic oxidation sites excluding steroid dienone is 4. The number of hydrogen-bond donors (Lipinski definition) is 0. The van der Waals surface area contributed by atoms with Crippen LogP contribution < -0.4 is 10.6 Å². The predicted molar refractivity (Wildman–Crippen MR) is 151 cm³/mol. The van der Waals surface area contributed by atoms with E-state index in [0.717, 1.165) is 11.3 Å². The Kier molecular flexibility index (Phi) is 8.18. The van der Waals surface area contributed by atoms with E-state index in [-0.39, 0.29) is 7.61 Å². The summed E-state index contributed by atoms with van der Waals surface area (Å²) in [5, 5.41) is 3.33. The molecule has 0 aromatic heterocycles. The van der Waals surface area contributed by atoms with Gasteiger partial charge in [-0.15, -0.1) is 0 Å². The molecule has 0 unspecified atom stereocenters. The van der Waals surface area contributed by atoms with E-state index in [1.54, 1.807) is 10.6 Å². The average Bonchev–Trinajstić information content (AvgIpc) is 3.42. The molecule has 0 saturated heterocycles. The zero-order valence-corrected chi connectivity index (χ0v) is 22.0. The third-order valence-corrected chi connectivity index (χ3v) is 21.5. The molecular formula is C31H41P2+. The molecule has 2 heteroatoms. The lowest BCUT2D eigenvalue weighted by molar-refractivity contribution is 0.481. The van der Waals surface area contributed by atoms with Gasteiger partial charge in [0.05, 0.1) is 17.5 Å². The minimum absolute atomic E-state index is 0.302. The van der Waals surface area contributed by atoms with Crippen LogP contribution in [0.3, 0.4) is 0 Å². The van der Waals surface area contributed by atoms with Crippen molar-refractivity contribution in [2.75, 3.05) is 6.16 Å². The first-order valence-electron chi connectivity index (χ1n) is 13.5. The molecule has 0 N–H and O–H groups in total. The van der Waals surface area contributed by atoms with Gasteiger partial charge in [-0.2, -0.15) is 0 Å².